The highest BCUT2D eigenvalue weighted by atomic mass is 79.9. The lowest BCUT2D eigenvalue weighted by molar-refractivity contribution is -0.136. The van der Waals surface area contributed by atoms with Gasteiger partial charge in [-0.2, -0.15) is 0 Å². The largest absolute Gasteiger partial charge is 0.480 e. The van der Waals surface area contributed by atoms with E-state index in [-0.39, 0.29) is 12.4 Å². The summed E-state index contributed by atoms with van der Waals surface area (Å²) in [6.45, 7) is 3.48. The molecule has 0 heterocycles. The number of esters is 1. The van der Waals surface area contributed by atoms with E-state index in [4.69, 9.17) is 9.47 Å². The lowest BCUT2D eigenvalue weighted by Crippen LogP contribution is -2.18. The monoisotopic (exact) mass is 454 g/mol. The zero-order valence-electron chi connectivity index (χ0n) is 13.3. The lowest BCUT2D eigenvalue weighted by atomic mass is 10.1. The summed E-state index contributed by atoms with van der Waals surface area (Å²) in [5.74, 6) is 0.507. The molecule has 0 atom stereocenters. The number of halogens is 2. The first kappa shape index (κ1) is 18.7. The normalized spacial score (nSPS) is 10.3. The van der Waals surface area contributed by atoms with E-state index in [1.54, 1.807) is 31.2 Å². The Morgan fingerprint density at radius 3 is 2.33 bits per heavy atom. The summed E-state index contributed by atoms with van der Waals surface area (Å²) in [6.07, 6.45) is 0.439. The highest BCUT2D eigenvalue weighted by molar-refractivity contribution is 9.11. The quantitative estimate of drug-likeness (QED) is 0.345. The summed E-state index contributed by atoms with van der Waals surface area (Å²) in [4.78, 5) is 23.5. The molecule has 0 aliphatic carbocycles. The number of ketones is 1. The minimum atomic E-state index is -0.515. The maximum absolute atomic E-state index is 11.9. The summed E-state index contributed by atoms with van der Waals surface area (Å²) >= 11 is 6.80. The van der Waals surface area contributed by atoms with Gasteiger partial charge >= 0.3 is 5.97 Å². The van der Waals surface area contributed by atoms with Crippen LogP contribution in [0.1, 0.15) is 29.3 Å². The molecule has 0 N–H and O–H groups in total. The third-order valence-electron chi connectivity index (χ3n) is 3.26. The van der Waals surface area contributed by atoms with Gasteiger partial charge in [-0.05, 0) is 64.8 Å². The molecule has 0 amide bonds. The van der Waals surface area contributed by atoms with Gasteiger partial charge in [0, 0.05) is 16.5 Å². The molecule has 2 aromatic rings. The van der Waals surface area contributed by atoms with Crippen LogP contribution in [0.2, 0.25) is 0 Å². The summed E-state index contributed by atoms with van der Waals surface area (Å²) in [7, 11) is 0. The molecule has 0 spiro atoms. The minimum Gasteiger partial charge on any atom is -0.480 e. The van der Waals surface area contributed by atoms with Crippen LogP contribution in [-0.4, -0.2) is 18.4 Å². The molecule has 0 unspecified atom stereocenters. The number of rotatable bonds is 6. The van der Waals surface area contributed by atoms with Crippen molar-refractivity contribution < 1.29 is 19.1 Å². The highest BCUT2D eigenvalue weighted by Crippen LogP contribution is 2.32. The Morgan fingerprint density at radius 1 is 1.08 bits per heavy atom. The van der Waals surface area contributed by atoms with Gasteiger partial charge in [-0.25, -0.2) is 4.79 Å². The van der Waals surface area contributed by atoms with Gasteiger partial charge in [-0.1, -0.05) is 22.9 Å². The maximum atomic E-state index is 11.9. The summed E-state index contributed by atoms with van der Waals surface area (Å²) in [5.41, 5.74) is 1.49. The fourth-order valence-electron chi connectivity index (χ4n) is 2.08. The van der Waals surface area contributed by atoms with Gasteiger partial charge in [-0.3, -0.25) is 4.79 Å². The maximum Gasteiger partial charge on any atom is 0.349 e. The number of carbonyl (C=O) groups excluding carboxylic acids is 2. The standard InChI is InChI=1S/C18H16Br2O4/c1-3-16(21)12-4-6-14(7-5-12)24-17(22)10-23-18-11(2)8-13(19)9-15(18)20/h4-9H,3,10H2,1-2H3. The minimum absolute atomic E-state index is 0.0479. The van der Waals surface area contributed by atoms with Gasteiger partial charge in [0.2, 0.25) is 0 Å². The van der Waals surface area contributed by atoms with Gasteiger partial charge in [0.25, 0.3) is 0 Å². The fraction of sp³-hybridized carbons (Fsp3) is 0.222. The number of carbonyl (C=O) groups is 2. The molecule has 24 heavy (non-hydrogen) atoms. The molecular formula is C18H16Br2O4. The van der Waals surface area contributed by atoms with Crippen LogP contribution in [0.5, 0.6) is 11.5 Å². The highest BCUT2D eigenvalue weighted by Gasteiger charge is 2.11. The molecule has 4 nitrogen and oxygen atoms in total. The Hall–Kier alpha value is -1.66. The zero-order valence-corrected chi connectivity index (χ0v) is 16.4. The number of ether oxygens (including phenoxy) is 2. The van der Waals surface area contributed by atoms with Crippen molar-refractivity contribution in [1.29, 1.82) is 0 Å². The van der Waals surface area contributed by atoms with Gasteiger partial charge in [0.05, 0.1) is 4.47 Å². The predicted octanol–water partition coefficient (Wildman–Crippen LogP) is 5.10. The molecule has 0 radical (unpaired) electrons. The molecule has 0 aliphatic heterocycles. The van der Waals surface area contributed by atoms with Gasteiger partial charge in [-0.15, -0.1) is 0 Å². The molecule has 0 saturated carbocycles. The second-order valence-corrected chi connectivity index (χ2v) is 6.87. The number of benzene rings is 2. The molecule has 0 aliphatic rings. The Kier molecular flexibility index (Phi) is 6.57. The average Bonchev–Trinajstić information content (AvgIpc) is 2.53. The number of Topliss-reactive ketones (excluding diaryl/α,β-unsaturated/α-hetero) is 1. The summed E-state index contributed by atoms with van der Waals surface area (Å²) in [6, 6.07) is 10.2. The van der Waals surface area contributed by atoms with Crippen LogP contribution < -0.4 is 9.47 Å². The molecule has 6 heteroatoms. The summed E-state index contributed by atoms with van der Waals surface area (Å²) in [5, 5.41) is 0. The first-order valence-corrected chi connectivity index (χ1v) is 8.91. The molecule has 126 valence electrons. The van der Waals surface area contributed by atoms with Crippen molar-refractivity contribution in [3.05, 3.63) is 56.5 Å². The van der Waals surface area contributed by atoms with Gasteiger partial charge < -0.3 is 9.47 Å². The van der Waals surface area contributed by atoms with Crippen LogP contribution in [0.15, 0.2) is 45.3 Å². The third kappa shape index (κ3) is 4.92. The molecular weight excluding hydrogens is 440 g/mol. The molecule has 0 aromatic heterocycles. The topological polar surface area (TPSA) is 52.6 Å². The van der Waals surface area contributed by atoms with E-state index in [1.807, 2.05) is 19.1 Å². The van der Waals surface area contributed by atoms with Crippen LogP contribution in [0.3, 0.4) is 0 Å². The van der Waals surface area contributed by atoms with Crippen molar-refractivity contribution in [2.24, 2.45) is 0 Å². The van der Waals surface area contributed by atoms with E-state index < -0.39 is 5.97 Å². The van der Waals surface area contributed by atoms with Crippen molar-refractivity contribution in [2.75, 3.05) is 6.61 Å². The van der Waals surface area contributed by atoms with Crippen LogP contribution in [-0.2, 0) is 4.79 Å². The lowest BCUT2D eigenvalue weighted by Gasteiger charge is -2.11. The Bertz CT molecular complexity index is 731. The molecule has 0 fully saturated rings. The molecule has 0 saturated heterocycles. The van der Waals surface area contributed by atoms with Crippen LogP contribution in [0.4, 0.5) is 0 Å². The molecule has 0 bridgehead atoms. The van der Waals surface area contributed by atoms with E-state index >= 15 is 0 Å². The first-order chi connectivity index (χ1) is 11.4. The number of aryl methyl sites for hydroxylation is 1. The van der Waals surface area contributed by atoms with E-state index in [0.29, 0.717) is 23.5 Å². The second kappa shape index (κ2) is 8.44. The first-order valence-electron chi connectivity index (χ1n) is 7.33. The van der Waals surface area contributed by atoms with Crippen molar-refractivity contribution in [3.63, 3.8) is 0 Å². The van der Waals surface area contributed by atoms with Gasteiger partial charge in [0.1, 0.15) is 11.5 Å². The van der Waals surface area contributed by atoms with E-state index in [1.165, 1.54) is 0 Å². The Morgan fingerprint density at radius 2 is 1.75 bits per heavy atom. The Labute approximate surface area is 157 Å². The van der Waals surface area contributed by atoms with E-state index in [2.05, 4.69) is 31.9 Å². The van der Waals surface area contributed by atoms with E-state index in [9.17, 15) is 9.59 Å². The van der Waals surface area contributed by atoms with Crippen molar-refractivity contribution >= 4 is 43.6 Å². The smallest absolute Gasteiger partial charge is 0.349 e. The van der Waals surface area contributed by atoms with Crippen molar-refractivity contribution in [3.8, 4) is 11.5 Å². The second-order valence-electron chi connectivity index (χ2n) is 5.10. The Balaban J connectivity index is 1.95. The van der Waals surface area contributed by atoms with Crippen LogP contribution >= 0.6 is 31.9 Å². The van der Waals surface area contributed by atoms with Crippen LogP contribution in [0, 0.1) is 6.92 Å². The molecule has 2 rings (SSSR count). The number of hydrogen-bond acceptors (Lipinski definition) is 4. The van der Waals surface area contributed by atoms with Gasteiger partial charge in [0.15, 0.2) is 12.4 Å². The predicted molar refractivity (Wildman–Crippen MR) is 98.8 cm³/mol. The SMILES string of the molecule is CCC(=O)c1ccc(OC(=O)COc2c(C)cc(Br)cc2Br)cc1. The third-order valence-corrected chi connectivity index (χ3v) is 4.30. The molecule has 2 aromatic carbocycles. The van der Waals surface area contributed by atoms with Crippen molar-refractivity contribution in [1.82, 2.24) is 0 Å². The number of hydrogen-bond donors (Lipinski definition) is 0. The van der Waals surface area contributed by atoms with Crippen molar-refractivity contribution in [2.45, 2.75) is 20.3 Å². The summed E-state index contributed by atoms with van der Waals surface area (Å²) < 4.78 is 12.4. The fourth-order valence-corrected chi connectivity index (χ4v) is 3.63. The zero-order chi connectivity index (χ0) is 17.7. The average molecular weight is 456 g/mol. The van der Waals surface area contributed by atoms with E-state index in [0.717, 1.165) is 14.5 Å². The van der Waals surface area contributed by atoms with Crippen LogP contribution in [0.25, 0.3) is 0 Å².